The quantitative estimate of drug-likeness (QED) is 0.766. The first-order valence-electron chi connectivity index (χ1n) is 3.82. The minimum atomic E-state index is -4.67. The molecule has 0 saturated heterocycles. The van der Waals surface area contributed by atoms with E-state index in [1.807, 2.05) is 0 Å². The van der Waals surface area contributed by atoms with Crippen LogP contribution in [0.1, 0.15) is 16.1 Å². The van der Waals surface area contributed by atoms with Crippen LogP contribution >= 0.6 is 0 Å². The number of nitrogens with zero attached hydrogens (tertiary/aromatic N) is 1. The first-order valence-corrected chi connectivity index (χ1v) is 3.82. The van der Waals surface area contributed by atoms with Crippen molar-refractivity contribution in [1.29, 1.82) is 0 Å². The number of halogens is 3. The molecule has 82 valence electrons. The molecule has 1 amide bonds. The smallest absolute Gasteiger partial charge is 0.277 e. The fourth-order valence-electron chi connectivity index (χ4n) is 0.962. The third-order valence-electron chi connectivity index (χ3n) is 1.52. The maximum atomic E-state index is 12.4. The molecule has 7 heteroatoms. The van der Waals surface area contributed by atoms with Gasteiger partial charge in [0.05, 0.1) is 12.7 Å². The van der Waals surface area contributed by atoms with E-state index in [9.17, 15) is 18.0 Å². The van der Waals surface area contributed by atoms with Gasteiger partial charge in [0.25, 0.3) is 5.91 Å². The summed E-state index contributed by atoms with van der Waals surface area (Å²) in [5, 5.41) is 0. The second kappa shape index (κ2) is 4.26. The van der Waals surface area contributed by atoms with Gasteiger partial charge in [0, 0.05) is 6.20 Å². The SMILES string of the molecule is CONC(=O)c1cccnc1C(F)(F)F. The van der Waals surface area contributed by atoms with Gasteiger partial charge in [-0.25, -0.2) is 5.48 Å². The van der Waals surface area contributed by atoms with Gasteiger partial charge in [-0.15, -0.1) is 0 Å². The van der Waals surface area contributed by atoms with Crippen LogP contribution in [0.2, 0.25) is 0 Å². The Labute approximate surface area is 83.0 Å². The number of nitrogens with one attached hydrogen (secondary N) is 1. The van der Waals surface area contributed by atoms with Crippen molar-refractivity contribution < 1.29 is 22.8 Å². The Morgan fingerprint density at radius 1 is 1.53 bits per heavy atom. The molecule has 0 atom stereocenters. The lowest BCUT2D eigenvalue weighted by Crippen LogP contribution is -2.25. The molecule has 0 aliphatic rings. The van der Waals surface area contributed by atoms with E-state index in [2.05, 4.69) is 9.82 Å². The monoisotopic (exact) mass is 220 g/mol. The van der Waals surface area contributed by atoms with Gasteiger partial charge >= 0.3 is 6.18 Å². The van der Waals surface area contributed by atoms with E-state index in [4.69, 9.17) is 0 Å². The lowest BCUT2D eigenvalue weighted by Gasteiger charge is -2.10. The number of hydrogen-bond donors (Lipinski definition) is 1. The zero-order chi connectivity index (χ0) is 11.5. The summed E-state index contributed by atoms with van der Waals surface area (Å²) in [6.07, 6.45) is -3.70. The van der Waals surface area contributed by atoms with Crippen molar-refractivity contribution in [3.05, 3.63) is 29.6 Å². The summed E-state index contributed by atoms with van der Waals surface area (Å²) in [6, 6.07) is 2.25. The van der Waals surface area contributed by atoms with Gasteiger partial charge < -0.3 is 0 Å². The molecular formula is C8H7F3N2O2. The number of amides is 1. The van der Waals surface area contributed by atoms with Gasteiger partial charge in [-0.1, -0.05) is 0 Å². The highest BCUT2D eigenvalue weighted by atomic mass is 19.4. The molecule has 1 N–H and O–H groups in total. The van der Waals surface area contributed by atoms with Crippen molar-refractivity contribution in [2.75, 3.05) is 7.11 Å². The Balaban J connectivity index is 3.12. The Morgan fingerprint density at radius 2 is 2.20 bits per heavy atom. The number of hydrogen-bond acceptors (Lipinski definition) is 3. The molecule has 0 spiro atoms. The Kier molecular flexibility index (Phi) is 3.25. The summed E-state index contributed by atoms with van der Waals surface area (Å²) in [7, 11) is 1.13. The normalized spacial score (nSPS) is 11.2. The maximum Gasteiger partial charge on any atom is 0.434 e. The van der Waals surface area contributed by atoms with Crippen LogP contribution in [0.3, 0.4) is 0 Å². The van der Waals surface area contributed by atoms with E-state index in [-0.39, 0.29) is 0 Å². The summed E-state index contributed by atoms with van der Waals surface area (Å²) >= 11 is 0. The van der Waals surface area contributed by atoms with E-state index in [1.54, 1.807) is 5.48 Å². The zero-order valence-electron chi connectivity index (χ0n) is 7.63. The van der Waals surface area contributed by atoms with Crippen LogP contribution < -0.4 is 5.48 Å². The number of rotatable bonds is 2. The van der Waals surface area contributed by atoms with Crippen LogP contribution in [0.25, 0.3) is 0 Å². The van der Waals surface area contributed by atoms with Crippen molar-refractivity contribution in [1.82, 2.24) is 10.5 Å². The second-order valence-electron chi connectivity index (χ2n) is 2.53. The zero-order valence-corrected chi connectivity index (χ0v) is 7.63. The predicted molar refractivity (Wildman–Crippen MR) is 43.7 cm³/mol. The summed E-state index contributed by atoms with van der Waals surface area (Å²) in [5.41, 5.74) is -0.0181. The van der Waals surface area contributed by atoms with Crippen LogP contribution in [-0.4, -0.2) is 18.0 Å². The highest BCUT2D eigenvalue weighted by molar-refractivity contribution is 5.94. The molecule has 1 rings (SSSR count). The third-order valence-corrected chi connectivity index (χ3v) is 1.52. The molecule has 0 aliphatic heterocycles. The topological polar surface area (TPSA) is 51.2 Å². The third kappa shape index (κ3) is 2.66. The van der Waals surface area contributed by atoms with Crippen LogP contribution in [-0.2, 0) is 11.0 Å². The lowest BCUT2D eigenvalue weighted by atomic mass is 10.2. The maximum absolute atomic E-state index is 12.4. The van der Waals surface area contributed by atoms with E-state index in [0.717, 1.165) is 19.4 Å². The fourth-order valence-corrected chi connectivity index (χ4v) is 0.962. The molecule has 4 nitrogen and oxygen atoms in total. The second-order valence-corrected chi connectivity index (χ2v) is 2.53. The molecule has 1 heterocycles. The minimum absolute atomic E-state index is 0.577. The summed E-state index contributed by atoms with van der Waals surface area (Å²) in [4.78, 5) is 18.5. The van der Waals surface area contributed by atoms with Gasteiger partial charge in [0.2, 0.25) is 0 Å². The van der Waals surface area contributed by atoms with Crippen LogP contribution in [0.4, 0.5) is 13.2 Å². The Morgan fingerprint density at radius 3 is 2.73 bits per heavy atom. The fraction of sp³-hybridized carbons (Fsp3) is 0.250. The van der Waals surface area contributed by atoms with Crippen molar-refractivity contribution in [3.63, 3.8) is 0 Å². The molecule has 0 fully saturated rings. The summed E-state index contributed by atoms with van der Waals surface area (Å²) < 4.78 is 37.1. The van der Waals surface area contributed by atoms with Crippen LogP contribution in [0, 0.1) is 0 Å². The molecule has 0 saturated carbocycles. The number of aromatic nitrogens is 1. The molecule has 15 heavy (non-hydrogen) atoms. The number of hydroxylamine groups is 1. The molecule has 1 aromatic heterocycles. The highest BCUT2D eigenvalue weighted by Crippen LogP contribution is 2.29. The Bertz CT molecular complexity index is 365. The summed E-state index contributed by atoms with van der Waals surface area (Å²) in [6.45, 7) is 0. The van der Waals surface area contributed by atoms with E-state index in [0.29, 0.717) is 0 Å². The molecule has 0 aliphatic carbocycles. The van der Waals surface area contributed by atoms with Gasteiger partial charge in [0.15, 0.2) is 5.69 Å². The average Bonchev–Trinajstić information content (AvgIpc) is 2.17. The number of carbonyl (C=O) groups excluding carboxylic acids is 1. The van der Waals surface area contributed by atoms with Crippen molar-refractivity contribution in [2.24, 2.45) is 0 Å². The van der Waals surface area contributed by atoms with Crippen LogP contribution in [0.5, 0.6) is 0 Å². The van der Waals surface area contributed by atoms with Gasteiger partial charge in [-0.3, -0.25) is 14.6 Å². The first-order chi connectivity index (χ1) is 6.96. The number of carbonyl (C=O) groups is 1. The van der Waals surface area contributed by atoms with Crippen LogP contribution in [0.15, 0.2) is 18.3 Å². The molecule has 1 aromatic rings. The van der Waals surface area contributed by atoms with Gasteiger partial charge in [-0.05, 0) is 12.1 Å². The lowest BCUT2D eigenvalue weighted by molar-refractivity contribution is -0.141. The molecule has 0 bridgehead atoms. The highest BCUT2D eigenvalue weighted by Gasteiger charge is 2.36. The summed E-state index contributed by atoms with van der Waals surface area (Å²) in [5.74, 6) is -0.988. The largest absolute Gasteiger partial charge is 0.434 e. The van der Waals surface area contributed by atoms with E-state index >= 15 is 0 Å². The number of alkyl halides is 3. The Hall–Kier alpha value is -1.63. The molecule has 0 radical (unpaired) electrons. The molecule has 0 unspecified atom stereocenters. The van der Waals surface area contributed by atoms with E-state index < -0.39 is 23.3 Å². The first kappa shape index (κ1) is 11.4. The van der Waals surface area contributed by atoms with Gasteiger partial charge in [0.1, 0.15) is 0 Å². The predicted octanol–water partition coefficient (Wildman–Crippen LogP) is 1.39. The van der Waals surface area contributed by atoms with Gasteiger partial charge in [-0.2, -0.15) is 13.2 Å². The van der Waals surface area contributed by atoms with Crippen molar-refractivity contribution >= 4 is 5.91 Å². The standard InChI is InChI=1S/C8H7F3N2O2/c1-15-13-7(14)5-3-2-4-12-6(5)8(9,10)11/h2-4H,1H3,(H,13,14). The average molecular weight is 220 g/mol. The molecule has 0 aromatic carbocycles. The molecular weight excluding hydrogens is 213 g/mol. The minimum Gasteiger partial charge on any atom is -0.277 e. The number of pyridine rings is 1. The van der Waals surface area contributed by atoms with Crippen molar-refractivity contribution in [2.45, 2.75) is 6.18 Å². The van der Waals surface area contributed by atoms with E-state index in [1.165, 1.54) is 6.07 Å². The van der Waals surface area contributed by atoms with Crippen molar-refractivity contribution in [3.8, 4) is 0 Å².